The smallest absolute Gasteiger partial charge is 0.312 e. The Kier molecular flexibility index (Phi) is 8.25. The molecule has 0 spiro atoms. The molecule has 0 aromatic rings. The molecule has 1 unspecified atom stereocenters. The first-order chi connectivity index (χ1) is 20.0. The van der Waals surface area contributed by atoms with Crippen LogP contribution in [0.3, 0.4) is 0 Å². The van der Waals surface area contributed by atoms with Crippen LogP contribution in [-0.4, -0.2) is 36.2 Å². The molecule has 0 bridgehead atoms. The topological polar surface area (TPSA) is 89.9 Å². The van der Waals surface area contributed by atoms with E-state index in [1.54, 1.807) is 12.7 Å². The fourth-order valence-corrected chi connectivity index (χ4v) is 11.8. The summed E-state index contributed by atoms with van der Waals surface area (Å²) in [5.41, 5.74) is 1.63. The largest absolute Gasteiger partial charge is 0.481 e. The zero-order chi connectivity index (χ0) is 31.6. The van der Waals surface area contributed by atoms with Crippen LogP contribution in [0, 0.1) is 50.2 Å². The van der Waals surface area contributed by atoms with Gasteiger partial charge in [-0.25, -0.2) is 0 Å². The molecular formula is C37H58O6. The molecule has 0 amide bonds. The van der Waals surface area contributed by atoms with Crippen LogP contribution in [-0.2, 0) is 23.9 Å². The molecule has 43 heavy (non-hydrogen) atoms. The first-order valence-corrected chi connectivity index (χ1v) is 17.2. The molecule has 1 N–H and O–H groups in total. The van der Waals surface area contributed by atoms with Crippen molar-refractivity contribution in [1.82, 2.24) is 0 Å². The molecule has 5 aliphatic rings. The molecule has 6 nitrogen and oxygen atoms in total. The van der Waals surface area contributed by atoms with Gasteiger partial charge in [0.1, 0.15) is 6.10 Å². The van der Waals surface area contributed by atoms with E-state index in [1.165, 1.54) is 0 Å². The van der Waals surface area contributed by atoms with Crippen molar-refractivity contribution >= 4 is 17.9 Å². The minimum absolute atomic E-state index is 0.00963. The van der Waals surface area contributed by atoms with E-state index in [9.17, 15) is 14.4 Å². The molecule has 5 rings (SSSR count). The first kappa shape index (κ1) is 32.5. The monoisotopic (exact) mass is 598 g/mol. The predicted molar refractivity (Wildman–Crippen MR) is 167 cm³/mol. The number of carbonyl (C=O) groups is 3. The van der Waals surface area contributed by atoms with Crippen molar-refractivity contribution in [3.05, 3.63) is 11.6 Å². The quantitative estimate of drug-likeness (QED) is 0.179. The Hall–Kier alpha value is -1.85. The van der Waals surface area contributed by atoms with Gasteiger partial charge in [0, 0.05) is 18.3 Å². The molecule has 0 heterocycles. The normalized spacial score (nSPS) is 42.7. The van der Waals surface area contributed by atoms with Gasteiger partial charge in [-0.3, -0.25) is 14.4 Å². The number of hydrogen-bond acceptors (Lipinski definition) is 5. The van der Waals surface area contributed by atoms with Crippen LogP contribution < -0.4 is 0 Å². The Labute approximate surface area is 260 Å². The number of hydrogen-bond donors (Lipinski definition) is 1. The molecular weight excluding hydrogens is 540 g/mol. The van der Waals surface area contributed by atoms with Crippen LogP contribution >= 0.6 is 0 Å². The number of aliphatic carboxylic acids is 1. The molecule has 0 radical (unpaired) electrons. The number of unbranched alkanes of at least 4 members (excludes halogenated alkanes) is 1. The highest BCUT2D eigenvalue weighted by Gasteiger charge is 2.69. The van der Waals surface area contributed by atoms with Crippen molar-refractivity contribution in [3.63, 3.8) is 0 Å². The highest BCUT2D eigenvalue weighted by molar-refractivity contribution is 5.78. The second-order valence-corrected chi connectivity index (χ2v) is 17.3. The van der Waals surface area contributed by atoms with Gasteiger partial charge in [0.05, 0.1) is 12.5 Å². The number of carboxylic acid groups (broad SMARTS) is 1. The molecule has 5 aliphatic carbocycles. The van der Waals surface area contributed by atoms with E-state index in [2.05, 4.69) is 54.5 Å². The third-order valence-corrected chi connectivity index (χ3v) is 14.5. The third-order valence-electron chi connectivity index (χ3n) is 14.5. The maximum absolute atomic E-state index is 13.5. The number of ether oxygens (including phenoxy) is 2. The van der Waals surface area contributed by atoms with E-state index in [0.717, 1.165) is 64.2 Å². The van der Waals surface area contributed by atoms with Crippen molar-refractivity contribution in [3.8, 4) is 0 Å². The standard InChI is InChI=1S/C37H58O6/c1-32(2)19-21-37(31(41)42-8)22-20-35(6)24(25(37)23-32)13-14-27-34(5)17-16-28(43-30(40)12-10-9-11-29(38)39)33(3,4)26(34)15-18-36(27,35)7/h13,25-28H,9-12,14-23H2,1-8H3,(H,38,39)/t25-,26-,27+,28?,34-,35+,36+,37-/m0/s1. The van der Waals surface area contributed by atoms with Gasteiger partial charge in [-0.2, -0.15) is 0 Å². The Balaban J connectivity index is 1.40. The van der Waals surface area contributed by atoms with Gasteiger partial charge in [0.15, 0.2) is 0 Å². The summed E-state index contributed by atoms with van der Waals surface area (Å²) in [6.45, 7) is 17.1. The van der Waals surface area contributed by atoms with E-state index >= 15 is 0 Å². The minimum Gasteiger partial charge on any atom is -0.481 e. The predicted octanol–water partition coefficient (Wildman–Crippen LogP) is 8.52. The Bertz CT molecular complexity index is 1170. The first-order valence-electron chi connectivity index (χ1n) is 17.2. The van der Waals surface area contributed by atoms with Gasteiger partial charge < -0.3 is 14.6 Å². The summed E-state index contributed by atoms with van der Waals surface area (Å²) in [5.74, 6) is 0.270. The molecule has 6 heteroatoms. The lowest BCUT2D eigenvalue weighted by Gasteiger charge is -2.71. The van der Waals surface area contributed by atoms with Crippen LogP contribution in [0.2, 0.25) is 0 Å². The lowest BCUT2D eigenvalue weighted by molar-refractivity contribution is -0.214. The number of methoxy groups -OCH3 is 1. The van der Waals surface area contributed by atoms with Gasteiger partial charge in [0.2, 0.25) is 0 Å². The maximum Gasteiger partial charge on any atom is 0.312 e. The van der Waals surface area contributed by atoms with Crippen molar-refractivity contribution < 1.29 is 29.0 Å². The third kappa shape index (κ3) is 5.00. The van der Waals surface area contributed by atoms with Crippen molar-refractivity contribution in [2.24, 2.45) is 50.2 Å². The van der Waals surface area contributed by atoms with Crippen molar-refractivity contribution in [2.75, 3.05) is 7.11 Å². The summed E-state index contributed by atoms with van der Waals surface area (Å²) in [6.07, 6.45) is 14.3. The summed E-state index contributed by atoms with van der Waals surface area (Å²) in [6, 6.07) is 0. The van der Waals surface area contributed by atoms with E-state index in [4.69, 9.17) is 14.6 Å². The molecule has 8 atom stereocenters. The average Bonchev–Trinajstić information content (AvgIpc) is 2.92. The lowest BCUT2D eigenvalue weighted by atomic mass is 9.33. The van der Waals surface area contributed by atoms with Gasteiger partial charge in [-0.1, -0.05) is 60.1 Å². The Morgan fingerprint density at radius 1 is 0.860 bits per heavy atom. The fourth-order valence-electron chi connectivity index (χ4n) is 11.8. The van der Waals surface area contributed by atoms with Gasteiger partial charge in [-0.15, -0.1) is 0 Å². The summed E-state index contributed by atoms with van der Waals surface area (Å²) in [4.78, 5) is 37.1. The highest BCUT2D eigenvalue weighted by atomic mass is 16.5. The Morgan fingerprint density at radius 2 is 1.53 bits per heavy atom. The zero-order valence-corrected chi connectivity index (χ0v) is 28.3. The van der Waals surface area contributed by atoms with Crippen LogP contribution in [0.1, 0.15) is 138 Å². The highest BCUT2D eigenvalue weighted by Crippen LogP contribution is 2.76. The molecule has 242 valence electrons. The number of allylic oxidation sites excluding steroid dienone is 2. The number of esters is 2. The number of carbonyl (C=O) groups excluding carboxylic acids is 2. The van der Waals surface area contributed by atoms with Crippen LogP contribution in [0.4, 0.5) is 0 Å². The van der Waals surface area contributed by atoms with Crippen LogP contribution in [0.5, 0.6) is 0 Å². The molecule has 0 aliphatic heterocycles. The van der Waals surface area contributed by atoms with Crippen molar-refractivity contribution in [2.45, 2.75) is 144 Å². The maximum atomic E-state index is 13.5. The van der Waals surface area contributed by atoms with E-state index in [-0.39, 0.29) is 62.9 Å². The number of fused-ring (bicyclic) bond motifs is 7. The second kappa shape index (κ2) is 10.9. The lowest BCUT2D eigenvalue weighted by Crippen LogP contribution is -2.65. The van der Waals surface area contributed by atoms with Gasteiger partial charge in [0.25, 0.3) is 0 Å². The van der Waals surface area contributed by atoms with E-state index in [0.29, 0.717) is 31.1 Å². The SMILES string of the molecule is COC(=O)[C@]12CCC(C)(C)C[C@H]1C1=CC[C@@H]3[C@@]4(C)CCC(OC(=O)CCCCC(=O)O)C(C)(C)[C@@H]4CC[C@@]3(C)[C@]1(C)CC2. The van der Waals surface area contributed by atoms with E-state index in [1.807, 2.05) is 0 Å². The summed E-state index contributed by atoms with van der Waals surface area (Å²) >= 11 is 0. The summed E-state index contributed by atoms with van der Waals surface area (Å²) < 4.78 is 11.7. The summed E-state index contributed by atoms with van der Waals surface area (Å²) in [7, 11) is 1.57. The van der Waals surface area contributed by atoms with E-state index < -0.39 is 5.97 Å². The number of rotatable bonds is 7. The molecule has 4 saturated carbocycles. The van der Waals surface area contributed by atoms with Crippen LogP contribution in [0.15, 0.2) is 11.6 Å². The molecule has 0 aromatic heterocycles. The average molecular weight is 599 g/mol. The summed E-state index contributed by atoms with van der Waals surface area (Å²) in [5, 5.41) is 8.90. The van der Waals surface area contributed by atoms with Gasteiger partial charge in [-0.05, 0) is 116 Å². The molecule has 0 aromatic carbocycles. The Morgan fingerprint density at radius 3 is 2.21 bits per heavy atom. The fraction of sp³-hybridized carbons (Fsp3) is 0.865. The van der Waals surface area contributed by atoms with Crippen LogP contribution in [0.25, 0.3) is 0 Å². The molecule has 4 fully saturated rings. The second-order valence-electron chi connectivity index (χ2n) is 17.3. The van der Waals surface area contributed by atoms with Crippen molar-refractivity contribution in [1.29, 1.82) is 0 Å². The molecule has 0 saturated heterocycles. The zero-order valence-electron chi connectivity index (χ0n) is 28.3. The number of carboxylic acids is 1. The minimum atomic E-state index is -0.817. The van der Waals surface area contributed by atoms with Gasteiger partial charge >= 0.3 is 17.9 Å².